The highest BCUT2D eigenvalue weighted by molar-refractivity contribution is 8.13. The third-order valence-electron chi connectivity index (χ3n) is 4.06. The van der Waals surface area contributed by atoms with Crippen LogP contribution < -0.4 is 5.32 Å². The summed E-state index contributed by atoms with van der Waals surface area (Å²) in [6.07, 6.45) is 3.58. The molecule has 0 aliphatic carbocycles. The first kappa shape index (κ1) is 18.4. The molecule has 1 atom stereocenters. The monoisotopic (exact) mass is 375 g/mol. The third kappa shape index (κ3) is 4.40. The normalized spacial score (nSPS) is 15.5. The van der Waals surface area contributed by atoms with Gasteiger partial charge in [-0.1, -0.05) is 30.8 Å². The Labute approximate surface area is 155 Å². The molecule has 1 fully saturated rings. The Bertz CT molecular complexity index is 765. The van der Waals surface area contributed by atoms with E-state index < -0.39 is 0 Å². The summed E-state index contributed by atoms with van der Waals surface area (Å²) in [6.45, 7) is 5.06. The predicted molar refractivity (Wildman–Crippen MR) is 97.3 cm³/mol. The quantitative estimate of drug-likeness (QED) is 0.793. The van der Waals surface area contributed by atoms with Crippen molar-refractivity contribution in [3.05, 3.63) is 30.4 Å². The summed E-state index contributed by atoms with van der Waals surface area (Å²) >= 11 is 1.29. The molecule has 9 heteroatoms. The van der Waals surface area contributed by atoms with Gasteiger partial charge in [-0.3, -0.25) is 14.6 Å². The van der Waals surface area contributed by atoms with E-state index in [1.165, 1.54) is 11.8 Å². The largest absolute Gasteiger partial charge is 0.344 e. The second-order valence-electron chi connectivity index (χ2n) is 6.34. The maximum absolute atomic E-state index is 12.3. The molecule has 1 N–H and O–H groups in total. The molecule has 0 aromatic carbocycles. The molecular formula is C17H21N5O3S. The van der Waals surface area contributed by atoms with E-state index >= 15 is 0 Å². The number of aromatic nitrogens is 3. The summed E-state index contributed by atoms with van der Waals surface area (Å²) in [5.41, 5.74) is 0.751. The van der Waals surface area contributed by atoms with Crippen LogP contribution in [0.5, 0.6) is 0 Å². The fourth-order valence-electron chi connectivity index (χ4n) is 2.60. The van der Waals surface area contributed by atoms with Gasteiger partial charge in [0.15, 0.2) is 0 Å². The fraction of sp³-hybridized carbons (Fsp3) is 0.471. The number of pyridine rings is 1. The van der Waals surface area contributed by atoms with E-state index in [9.17, 15) is 9.59 Å². The van der Waals surface area contributed by atoms with Crippen LogP contribution in [0.4, 0.5) is 4.79 Å². The molecule has 0 saturated carbocycles. The second kappa shape index (κ2) is 8.31. The first-order valence-corrected chi connectivity index (χ1v) is 9.48. The molecule has 8 nitrogen and oxygen atoms in total. The number of nitrogens with one attached hydrogen (secondary N) is 1. The zero-order valence-corrected chi connectivity index (χ0v) is 15.5. The van der Waals surface area contributed by atoms with Crippen LogP contribution >= 0.6 is 11.8 Å². The van der Waals surface area contributed by atoms with Gasteiger partial charge in [0.25, 0.3) is 5.24 Å². The number of carbonyl (C=O) groups excluding carboxylic acids is 2. The van der Waals surface area contributed by atoms with Gasteiger partial charge in [-0.2, -0.15) is 4.98 Å². The minimum Gasteiger partial charge on any atom is -0.344 e. The summed E-state index contributed by atoms with van der Waals surface area (Å²) in [4.78, 5) is 34.1. The number of hydrogen-bond acceptors (Lipinski definition) is 7. The molecule has 1 unspecified atom stereocenters. The molecule has 3 rings (SSSR count). The van der Waals surface area contributed by atoms with E-state index in [1.54, 1.807) is 23.4 Å². The smallest absolute Gasteiger partial charge is 0.281 e. The minimum absolute atomic E-state index is 0.0382. The molecule has 2 aromatic heterocycles. The molecule has 0 spiro atoms. The molecule has 1 aliphatic rings. The van der Waals surface area contributed by atoms with Crippen molar-refractivity contribution in [3.8, 4) is 11.4 Å². The fourth-order valence-corrected chi connectivity index (χ4v) is 3.45. The van der Waals surface area contributed by atoms with Gasteiger partial charge >= 0.3 is 0 Å². The number of amides is 2. The average Bonchev–Trinajstić information content (AvgIpc) is 3.27. The van der Waals surface area contributed by atoms with Crippen LogP contribution in [0.2, 0.25) is 0 Å². The molecule has 26 heavy (non-hydrogen) atoms. The molecule has 138 valence electrons. The van der Waals surface area contributed by atoms with Crippen molar-refractivity contribution >= 4 is 22.9 Å². The summed E-state index contributed by atoms with van der Waals surface area (Å²) < 4.78 is 5.37. The van der Waals surface area contributed by atoms with Crippen molar-refractivity contribution in [3.63, 3.8) is 0 Å². The van der Waals surface area contributed by atoms with Crippen LogP contribution in [-0.4, -0.2) is 50.0 Å². The summed E-state index contributed by atoms with van der Waals surface area (Å²) in [5, 5.41) is 6.96. The number of rotatable bonds is 7. The first-order valence-electron chi connectivity index (χ1n) is 8.49. The van der Waals surface area contributed by atoms with Gasteiger partial charge in [0, 0.05) is 43.2 Å². The molecule has 0 radical (unpaired) electrons. The van der Waals surface area contributed by atoms with Gasteiger partial charge in [-0.25, -0.2) is 0 Å². The second-order valence-corrected chi connectivity index (χ2v) is 7.38. The third-order valence-corrected chi connectivity index (χ3v) is 4.96. The van der Waals surface area contributed by atoms with Crippen molar-refractivity contribution < 1.29 is 14.1 Å². The highest BCUT2D eigenvalue weighted by Crippen LogP contribution is 2.23. The predicted octanol–water partition coefficient (Wildman–Crippen LogP) is 2.50. The lowest BCUT2D eigenvalue weighted by molar-refractivity contribution is -0.122. The van der Waals surface area contributed by atoms with Crippen molar-refractivity contribution in [1.82, 2.24) is 25.3 Å². The molecule has 1 aliphatic heterocycles. The van der Waals surface area contributed by atoms with Crippen LogP contribution in [-0.2, 0) is 4.79 Å². The molecule has 3 heterocycles. The maximum atomic E-state index is 12.3. The van der Waals surface area contributed by atoms with Crippen LogP contribution in [0.1, 0.15) is 32.2 Å². The van der Waals surface area contributed by atoms with E-state index in [0.717, 1.165) is 11.3 Å². The van der Waals surface area contributed by atoms with E-state index in [2.05, 4.69) is 20.4 Å². The summed E-state index contributed by atoms with van der Waals surface area (Å²) in [7, 11) is 0. The van der Waals surface area contributed by atoms with Gasteiger partial charge in [-0.05, 0) is 18.1 Å². The molecular weight excluding hydrogens is 354 g/mol. The van der Waals surface area contributed by atoms with E-state index in [1.807, 2.05) is 19.9 Å². The minimum atomic E-state index is -0.385. The topological polar surface area (TPSA) is 101 Å². The van der Waals surface area contributed by atoms with E-state index in [-0.39, 0.29) is 29.5 Å². The van der Waals surface area contributed by atoms with E-state index in [4.69, 9.17) is 4.52 Å². The summed E-state index contributed by atoms with van der Waals surface area (Å²) in [5.74, 6) is 1.51. The number of thioether (sulfide) groups is 1. The average molecular weight is 375 g/mol. The first-order chi connectivity index (χ1) is 12.5. The number of hydrogen-bond donors (Lipinski definition) is 1. The molecule has 2 amide bonds. The van der Waals surface area contributed by atoms with Crippen LogP contribution in [0.3, 0.4) is 0 Å². The van der Waals surface area contributed by atoms with Crippen LogP contribution in [0.15, 0.2) is 29.0 Å². The van der Waals surface area contributed by atoms with Gasteiger partial charge < -0.3 is 14.7 Å². The Morgan fingerprint density at radius 2 is 2.31 bits per heavy atom. The zero-order chi connectivity index (χ0) is 18.5. The molecule has 1 saturated heterocycles. The SMILES string of the molecule is CC(C)C(NC(=O)CCN1CCSC1=O)c1nc(-c2cccnc2)no1. The van der Waals surface area contributed by atoms with Gasteiger partial charge in [0.2, 0.25) is 17.6 Å². The van der Waals surface area contributed by atoms with Gasteiger partial charge in [0.05, 0.1) is 0 Å². The Morgan fingerprint density at radius 1 is 1.46 bits per heavy atom. The maximum Gasteiger partial charge on any atom is 0.281 e. The van der Waals surface area contributed by atoms with Crippen LogP contribution in [0.25, 0.3) is 11.4 Å². The highest BCUT2D eigenvalue weighted by Gasteiger charge is 2.26. The summed E-state index contributed by atoms with van der Waals surface area (Å²) in [6, 6.07) is 3.25. The number of nitrogens with zero attached hydrogens (tertiary/aromatic N) is 4. The van der Waals surface area contributed by atoms with Crippen LogP contribution in [0, 0.1) is 5.92 Å². The Kier molecular flexibility index (Phi) is 5.87. The van der Waals surface area contributed by atoms with Crippen molar-refractivity contribution in [2.45, 2.75) is 26.3 Å². The van der Waals surface area contributed by atoms with Crippen molar-refractivity contribution in [2.24, 2.45) is 5.92 Å². The molecule has 0 bridgehead atoms. The molecule has 2 aromatic rings. The standard InChI is InChI=1S/C17H21N5O3S/c1-11(2)14(19-13(23)5-7-22-8-9-26-17(22)24)16-20-15(21-25-16)12-4-3-6-18-10-12/h3-4,6,10-11,14H,5,7-9H2,1-2H3,(H,19,23). The zero-order valence-electron chi connectivity index (χ0n) is 14.7. The highest BCUT2D eigenvalue weighted by atomic mass is 32.2. The van der Waals surface area contributed by atoms with E-state index in [0.29, 0.717) is 24.8 Å². The van der Waals surface area contributed by atoms with Crippen molar-refractivity contribution in [1.29, 1.82) is 0 Å². The lowest BCUT2D eigenvalue weighted by atomic mass is 10.0. The Balaban J connectivity index is 1.63. The van der Waals surface area contributed by atoms with Gasteiger partial charge in [-0.15, -0.1) is 0 Å². The Hall–Kier alpha value is -2.42. The lowest BCUT2D eigenvalue weighted by Gasteiger charge is -2.20. The number of carbonyl (C=O) groups is 2. The Morgan fingerprint density at radius 3 is 2.96 bits per heavy atom. The van der Waals surface area contributed by atoms with Crippen molar-refractivity contribution in [2.75, 3.05) is 18.8 Å². The van der Waals surface area contributed by atoms with Gasteiger partial charge in [0.1, 0.15) is 6.04 Å². The lowest BCUT2D eigenvalue weighted by Crippen LogP contribution is -2.35.